The molecular weight excluding hydrogens is 419 g/mol. The van der Waals surface area contributed by atoms with E-state index in [0.717, 1.165) is 25.5 Å². The summed E-state index contributed by atoms with van der Waals surface area (Å²) in [6.45, 7) is 4.35. The molecule has 0 fully saturated rings. The molecular formula is C23H44O7P-. The SMILES string of the molecule is C=COP(=O)([O-])OCC(CO)OC(=O)CCCCCCCCCCCCCCCCC. The van der Waals surface area contributed by atoms with E-state index in [1.54, 1.807) is 0 Å². The average molecular weight is 464 g/mol. The quantitative estimate of drug-likeness (QED) is 0.0884. The van der Waals surface area contributed by atoms with Gasteiger partial charge in [-0.25, -0.2) is 0 Å². The second-order valence-corrected chi connectivity index (χ2v) is 9.37. The van der Waals surface area contributed by atoms with E-state index in [9.17, 15) is 19.4 Å². The molecule has 184 valence electrons. The Morgan fingerprint density at radius 3 is 1.81 bits per heavy atom. The van der Waals surface area contributed by atoms with Gasteiger partial charge in [-0.15, -0.1) is 0 Å². The Morgan fingerprint density at radius 2 is 1.39 bits per heavy atom. The Bertz CT molecular complexity index is 485. The van der Waals surface area contributed by atoms with Gasteiger partial charge < -0.3 is 23.8 Å². The van der Waals surface area contributed by atoms with Gasteiger partial charge in [-0.3, -0.25) is 9.36 Å². The van der Waals surface area contributed by atoms with Gasteiger partial charge >= 0.3 is 13.8 Å². The van der Waals surface area contributed by atoms with Crippen molar-refractivity contribution in [1.82, 2.24) is 0 Å². The van der Waals surface area contributed by atoms with Gasteiger partial charge in [0.25, 0.3) is 0 Å². The first-order valence-electron chi connectivity index (χ1n) is 12.0. The zero-order chi connectivity index (χ0) is 23.2. The topological polar surface area (TPSA) is 105 Å². The molecule has 0 aliphatic rings. The van der Waals surface area contributed by atoms with Crippen molar-refractivity contribution in [3.63, 3.8) is 0 Å². The van der Waals surface area contributed by atoms with E-state index in [4.69, 9.17) is 4.74 Å². The highest BCUT2D eigenvalue weighted by Crippen LogP contribution is 2.38. The summed E-state index contributed by atoms with van der Waals surface area (Å²) in [7, 11) is -4.53. The molecule has 1 N–H and O–H groups in total. The minimum absolute atomic E-state index is 0.243. The number of hydrogen-bond acceptors (Lipinski definition) is 7. The van der Waals surface area contributed by atoms with Crippen LogP contribution in [0.25, 0.3) is 0 Å². The van der Waals surface area contributed by atoms with E-state index in [2.05, 4.69) is 22.6 Å². The van der Waals surface area contributed by atoms with Crippen LogP contribution in [0.3, 0.4) is 0 Å². The molecule has 0 amide bonds. The first-order valence-corrected chi connectivity index (χ1v) is 13.5. The second-order valence-electron chi connectivity index (χ2n) is 8.01. The zero-order valence-corrected chi connectivity index (χ0v) is 20.3. The number of unbranched alkanes of at least 4 members (excludes halogenated alkanes) is 14. The van der Waals surface area contributed by atoms with Gasteiger partial charge in [0.05, 0.1) is 19.5 Å². The molecule has 0 rings (SSSR count). The maximum absolute atomic E-state index is 11.8. The highest BCUT2D eigenvalue weighted by atomic mass is 31.2. The van der Waals surface area contributed by atoms with Gasteiger partial charge in [0, 0.05) is 6.42 Å². The molecule has 2 unspecified atom stereocenters. The van der Waals surface area contributed by atoms with Crippen LogP contribution >= 0.6 is 7.82 Å². The molecule has 0 heterocycles. The molecule has 0 saturated carbocycles. The summed E-state index contributed by atoms with van der Waals surface area (Å²) in [5, 5.41) is 9.20. The number of esters is 1. The molecule has 2 atom stereocenters. The molecule has 0 spiro atoms. The molecule has 31 heavy (non-hydrogen) atoms. The lowest BCUT2D eigenvalue weighted by Crippen LogP contribution is -2.27. The highest BCUT2D eigenvalue weighted by molar-refractivity contribution is 7.45. The number of carbonyl (C=O) groups is 1. The van der Waals surface area contributed by atoms with E-state index < -0.39 is 33.1 Å². The van der Waals surface area contributed by atoms with Crippen molar-refractivity contribution >= 4 is 13.8 Å². The van der Waals surface area contributed by atoms with Crippen molar-refractivity contribution < 1.29 is 33.1 Å². The van der Waals surface area contributed by atoms with Crippen LogP contribution in [0.15, 0.2) is 12.8 Å². The summed E-state index contributed by atoms with van der Waals surface area (Å²) in [5.74, 6) is -0.470. The normalized spacial score (nSPS) is 14.0. The molecule has 7 nitrogen and oxygen atoms in total. The summed E-state index contributed by atoms with van der Waals surface area (Å²) >= 11 is 0. The van der Waals surface area contributed by atoms with E-state index in [1.807, 2.05) is 0 Å². The minimum Gasteiger partial charge on any atom is -0.746 e. The summed E-state index contributed by atoms with van der Waals surface area (Å²) in [4.78, 5) is 23.1. The van der Waals surface area contributed by atoms with Crippen LogP contribution in [0.2, 0.25) is 0 Å². The number of hydrogen-bond donors (Lipinski definition) is 1. The lowest BCUT2D eigenvalue weighted by molar-refractivity contribution is -0.223. The van der Waals surface area contributed by atoms with Crippen molar-refractivity contribution in [1.29, 1.82) is 0 Å². The van der Waals surface area contributed by atoms with Crippen LogP contribution in [0.1, 0.15) is 110 Å². The van der Waals surface area contributed by atoms with Crippen LogP contribution in [-0.2, 0) is 23.1 Å². The largest absolute Gasteiger partial charge is 0.746 e. The Morgan fingerprint density at radius 1 is 0.935 bits per heavy atom. The summed E-state index contributed by atoms with van der Waals surface area (Å²) in [6.07, 6.45) is 18.7. The summed E-state index contributed by atoms with van der Waals surface area (Å²) < 4.78 is 25.0. The predicted octanol–water partition coefficient (Wildman–Crippen LogP) is 5.80. The smallest absolute Gasteiger partial charge is 0.319 e. The van der Waals surface area contributed by atoms with Gasteiger partial charge in [0.1, 0.15) is 6.10 Å². The molecule has 0 aromatic heterocycles. The van der Waals surface area contributed by atoms with Crippen LogP contribution in [0.4, 0.5) is 0 Å². The third-order valence-corrected chi connectivity index (χ3v) is 5.98. The van der Waals surface area contributed by atoms with E-state index >= 15 is 0 Å². The fraction of sp³-hybridized carbons (Fsp3) is 0.870. The molecule has 0 aliphatic heterocycles. The lowest BCUT2D eigenvalue weighted by atomic mass is 10.0. The van der Waals surface area contributed by atoms with E-state index in [1.165, 1.54) is 77.0 Å². The monoisotopic (exact) mass is 463 g/mol. The Kier molecular flexibility index (Phi) is 20.4. The van der Waals surface area contributed by atoms with Crippen LogP contribution in [0.5, 0.6) is 0 Å². The molecule has 0 bridgehead atoms. The second kappa shape index (κ2) is 21.0. The number of aliphatic hydroxyl groups excluding tert-OH is 1. The number of carbonyl (C=O) groups excluding carboxylic acids is 1. The Balaban J connectivity index is 3.52. The van der Waals surface area contributed by atoms with Crippen molar-refractivity contribution in [2.45, 2.75) is 116 Å². The molecule has 0 radical (unpaired) electrons. The summed E-state index contributed by atoms with van der Waals surface area (Å²) in [6, 6.07) is 0. The number of phosphoric ester groups is 1. The van der Waals surface area contributed by atoms with Crippen molar-refractivity contribution in [3.8, 4) is 0 Å². The fourth-order valence-electron chi connectivity index (χ4n) is 3.31. The number of ether oxygens (including phenoxy) is 1. The van der Waals surface area contributed by atoms with Crippen LogP contribution in [0, 0.1) is 0 Å². The third-order valence-electron chi connectivity index (χ3n) is 5.11. The maximum atomic E-state index is 11.8. The fourth-order valence-corrected chi connectivity index (χ4v) is 3.90. The lowest BCUT2D eigenvalue weighted by Gasteiger charge is -2.23. The van der Waals surface area contributed by atoms with Gasteiger partial charge in [-0.1, -0.05) is 103 Å². The molecule has 0 aliphatic carbocycles. The first-order chi connectivity index (χ1) is 14.9. The third kappa shape index (κ3) is 20.8. The van der Waals surface area contributed by atoms with Crippen molar-refractivity contribution in [2.24, 2.45) is 0 Å². The molecule has 0 saturated heterocycles. The summed E-state index contributed by atoms with van der Waals surface area (Å²) in [5.41, 5.74) is 0. The maximum Gasteiger partial charge on any atom is 0.319 e. The van der Waals surface area contributed by atoms with Crippen molar-refractivity contribution in [3.05, 3.63) is 12.8 Å². The highest BCUT2D eigenvalue weighted by Gasteiger charge is 2.17. The number of phosphoric acid groups is 1. The zero-order valence-electron chi connectivity index (χ0n) is 19.4. The van der Waals surface area contributed by atoms with Gasteiger partial charge in [0.2, 0.25) is 0 Å². The van der Waals surface area contributed by atoms with Gasteiger partial charge in [-0.05, 0) is 6.42 Å². The van der Waals surface area contributed by atoms with Gasteiger partial charge in [0.15, 0.2) is 0 Å². The van der Waals surface area contributed by atoms with Crippen LogP contribution in [-0.4, -0.2) is 30.4 Å². The van der Waals surface area contributed by atoms with Crippen LogP contribution < -0.4 is 4.89 Å². The van der Waals surface area contributed by atoms with E-state index in [0.29, 0.717) is 0 Å². The van der Waals surface area contributed by atoms with Crippen molar-refractivity contribution in [2.75, 3.05) is 13.2 Å². The molecule has 0 aromatic carbocycles. The predicted molar refractivity (Wildman–Crippen MR) is 121 cm³/mol. The minimum atomic E-state index is -4.53. The number of aliphatic hydroxyl groups is 1. The first kappa shape index (κ1) is 30.1. The average Bonchev–Trinajstić information content (AvgIpc) is 2.73. The molecule has 0 aromatic rings. The molecule has 8 heteroatoms. The standard InChI is InChI=1S/C23H45O7P/c1-3-5-6-7-8-9-10-11-12-13-14-15-16-17-18-19-23(25)30-22(20-24)21-29-31(26,27)28-4-2/h4,22,24H,2-3,5-21H2,1H3,(H,26,27)/p-1. The van der Waals surface area contributed by atoms with E-state index in [-0.39, 0.29) is 6.42 Å². The van der Waals surface area contributed by atoms with Gasteiger partial charge in [-0.2, -0.15) is 0 Å². The Labute approximate surface area is 189 Å². The Hall–Kier alpha value is -0.880. The number of rotatable bonds is 23.